The average molecular weight is 297 g/mol. The second-order valence-corrected chi connectivity index (χ2v) is 5.68. The van der Waals surface area contributed by atoms with Crippen LogP contribution in [0, 0.1) is 6.92 Å². The summed E-state index contributed by atoms with van der Waals surface area (Å²) in [6.07, 6.45) is 1.77. The highest BCUT2D eigenvalue weighted by Gasteiger charge is 2.09. The van der Waals surface area contributed by atoms with Gasteiger partial charge in [-0.3, -0.25) is 4.98 Å². The van der Waals surface area contributed by atoms with Crippen LogP contribution in [-0.4, -0.2) is 4.98 Å². The van der Waals surface area contributed by atoms with Crippen molar-refractivity contribution in [1.82, 2.24) is 4.98 Å². The molecular formula is C18H17ClN2. The van der Waals surface area contributed by atoms with E-state index in [9.17, 15) is 0 Å². The fraction of sp³-hybridized carbons (Fsp3) is 0.167. The molecule has 0 spiro atoms. The van der Waals surface area contributed by atoms with Crippen LogP contribution in [0.25, 0.3) is 10.9 Å². The normalized spacial score (nSPS) is 12.3. The van der Waals surface area contributed by atoms with Gasteiger partial charge in [0.1, 0.15) is 0 Å². The van der Waals surface area contributed by atoms with Gasteiger partial charge in [-0.2, -0.15) is 0 Å². The standard InChI is InChI=1S/C18H17ClN2/c1-12-5-7-14(8-6-12)13(2)21-17-10-9-16(19)18-15(17)4-3-11-20-18/h3-11,13,21H,1-2H3. The van der Waals surface area contributed by atoms with Crippen LogP contribution >= 0.6 is 11.6 Å². The number of rotatable bonds is 3. The first kappa shape index (κ1) is 13.9. The maximum atomic E-state index is 6.21. The van der Waals surface area contributed by atoms with Crippen LogP contribution in [-0.2, 0) is 0 Å². The van der Waals surface area contributed by atoms with Gasteiger partial charge in [0.05, 0.1) is 10.5 Å². The van der Waals surface area contributed by atoms with E-state index in [1.807, 2.05) is 24.3 Å². The van der Waals surface area contributed by atoms with Crippen LogP contribution in [0.1, 0.15) is 24.1 Å². The monoisotopic (exact) mass is 296 g/mol. The summed E-state index contributed by atoms with van der Waals surface area (Å²) >= 11 is 6.21. The van der Waals surface area contributed by atoms with Crippen molar-refractivity contribution in [1.29, 1.82) is 0 Å². The molecule has 0 bridgehead atoms. The summed E-state index contributed by atoms with van der Waals surface area (Å²) < 4.78 is 0. The van der Waals surface area contributed by atoms with Crippen molar-refractivity contribution in [2.45, 2.75) is 19.9 Å². The molecular weight excluding hydrogens is 280 g/mol. The number of aromatic nitrogens is 1. The highest BCUT2D eigenvalue weighted by atomic mass is 35.5. The number of aryl methyl sites for hydroxylation is 1. The quantitative estimate of drug-likeness (QED) is 0.703. The number of benzene rings is 2. The number of nitrogens with zero attached hydrogens (tertiary/aromatic N) is 1. The van der Waals surface area contributed by atoms with Gasteiger partial charge in [0.15, 0.2) is 0 Å². The van der Waals surface area contributed by atoms with Crippen LogP contribution in [0.15, 0.2) is 54.7 Å². The first-order valence-corrected chi connectivity index (χ1v) is 7.39. The highest BCUT2D eigenvalue weighted by molar-refractivity contribution is 6.35. The van der Waals surface area contributed by atoms with Gasteiger partial charge < -0.3 is 5.32 Å². The first-order valence-electron chi connectivity index (χ1n) is 7.01. The molecule has 21 heavy (non-hydrogen) atoms. The minimum absolute atomic E-state index is 0.218. The number of hydrogen-bond donors (Lipinski definition) is 1. The lowest BCUT2D eigenvalue weighted by Crippen LogP contribution is -2.07. The van der Waals surface area contributed by atoms with Gasteiger partial charge >= 0.3 is 0 Å². The molecule has 3 rings (SSSR count). The third-order valence-electron chi connectivity index (χ3n) is 3.67. The van der Waals surface area contributed by atoms with Crippen LogP contribution in [0.3, 0.4) is 0 Å². The number of hydrogen-bond acceptors (Lipinski definition) is 2. The van der Waals surface area contributed by atoms with Crippen molar-refractivity contribution in [3.63, 3.8) is 0 Å². The number of halogens is 1. The highest BCUT2D eigenvalue weighted by Crippen LogP contribution is 2.30. The summed E-state index contributed by atoms with van der Waals surface area (Å²) in [6, 6.07) is 16.7. The van der Waals surface area contributed by atoms with Crippen molar-refractivity contribution in [3.05, 3.63) is 70.9 Å². The Morgan fingerprint density at radius 2 is 1.81 bits per heavy atom. The van der Waals surface area contributed by atoms with E-state index >= 15 is 0 Å². The lowest BCUT2D eigenvalue weighted by Gasteiger charge is -2.17. The van der Waals surface area contributed by atoms with Crippen LogP contribution in [0.4, 0.5) is 5.69 Å². The third kappa shape index (κ3) is 2.86. The Hall–Kier alpha value is -2.06. The largest absolute Gasteiger partial charge is 0.378 e. The summed E-state index contributed by atoms with van der Waals surface area (Å²) in [4.78, 5) is 4.36. The zero-order valence-electron chi connectivity index (χ0n) is 12.1. The maximum absolute atomic E-state index is 6.21. The summed E-state index contributed by atoms with van der Waals surface area (Å²) in [5.74, 6) is 0. The second-order valence-electron chi connectivity index (χ2n) is 5.27. The Bertz CT molecular complexity index is 766. The lowest BCUT2D eigenvalue weighted by atomic mass is 10.1. The molecule has 0 fully saturated rings. The van der Waals surface area contributed by atoms with Crippen molar-refractivity contribution in [3.8, 4) is 0 Å². The molecule has 0 saturated carbocycles. The van der Waals surface area contributed by atoms with Crippen molar-refractivity contribution >= 4 is 28.2 Å². The van der Waals surface area contributed by atoms with Gasteiger partial charge in [0.2, 0.25) is 0 Å². The van der Waals surface area contributed by atoms with Gasteiger partial charge in [0, 0.05) is 23.3 Å². The zero-order chi connectivity index (χ0) is 14.8. The molecule has 0 aliphatic carbocycles. The Morgan fingerprint density at radius 1 is 1.05 bits per heavy atom. The molecule has 3 heteroatoms. The lowest BCUT2D eigenvalue weighted by molar-refractivity contribution is 0.886. The fourth-order valence-electron chi connectivity index (χ4n) is 2.44. The minimum atomic E-state index is 0.218. The maximum Gasteiger partial charge on any atom is 0.0908 e. The fourth-order valence-corrected chi connectivity index (χ4v) is 2.65. The van der Waals surface area contributed by atoms with Crippen LogP contribution in [0.2, 0.25) is 5.02 Å². The van der Waals surface area contributed by atoms with E-state index < -0.39 is 0 Å². The molecule has 0 amide bonds. The van der Waals surface area contributed by atoms with Crippen LogP contribution < -0.4 is 5.32 Å². The smallest absolute Gasteiger partial charge is 0.0908 e. The molecule has 0 aliphatic rings. The van der Waals surface area contributed by atoms with Crippen LogP contribution in [0.5, 0.6) is 0 Å². The topological polar surface area (TPSA) is 24.9 Å². The molecule has 2 nitrogen and oxygen atoms in total. The summed E-state index contributed by atoms with van der Waals surface area (Å²) in [5.41, 5.74) is 4.41. The van der Waals surface area contributed by atoms with Gasteiger partial charge in [-0.05, 0) is 43.7 Å². The molecule has 0 aliphatic heterocycles. The van der Waals surface area contributed by atoms with Crippen molar-refractivity contribution < 1.29 is 0 Å². The van der Waals surface area contributed by atoms with E-state index in [0.29, 0.717) is 5.02 Å². The Labute approximate surface area is 129 Å². The summed E-state index contributed by atoms with van der Waals surface area (Å²) in [5, 5.41) is 5.27. The van der Waals surface area contributed by atoms with E-state index in [1.165, 1.54) is 11.1 Å². The Balaban J connectivity index is 1.95. The molecule has 0 saturated heterocycles. The van der Waals surface area contributed by atoms with E-state index in [-0.39, 0.29) is 6.04 Å². The van der Waals surface area contributed by atoms with Crippen molar-refractivity contribution in [2.75, 3.05) is 5.32 Å². The molecule has 1 atom stereocenters. The number of nitrogens with one attached hydrogen (secondary N) is 1. The van der Waals surface area contributed by atoms with Gasteiger partial charge in [-0.1, -0.05) is 41.4 Å². The average Bonchev–Trinajstić information content (AvgIpc) is 2.51. The molecule has 1 N–H and O–H groups in total. The first-order chi connectivity index (χ1) is 10.1. The third-order valence-corrected chi connectivity index (χ3v) is 3.97. The predicted molar refractivity (Wildman–Crippen MR) is 90.0 cm³/mol. The summed E-state index contributed by atoms with van der Waals surface area (Å²) in [6.45, 7) is 4.25. The Morgan fingerprint density at radius 3 is 2.57 bits per heavy atom. The Kier molecular flexibility index (Phi) is 3.80. The van der Waals surface area contributed by atoms with Crippen molar-refractivity contribution in [2.24, 2.45) is 0 Å². The second kappa shape index (κ2) is 5.74. The summed E-state index contributed by atoms with van der Waals surface area (Å²) in [7, 11) is 0. The molecule has 3 aromatic rings. The molecule has 1 aromatic heterocycles. The molecule has 2 aromatic carbocycles. The number of anilines is 1. The molecule has 106 valence electrons. The predicted octanol–water partition coefficient (Wildman–Crippen LogP) is 5.37. The zero-order valence-corrected chi connectivity index (χ0v) is 12.9. The van der Waals surface area contributed by atoms with Gasteiger partial charge in [-0.25, -0.2) is 0 Å². The van der Waals surface area contributed by atoms with E-state index in [0.717, 1.165) is 16.6 Å². The SMILES string of the molecule is Cc1ccc(C(C)Nc2ccc(Cl)c3ncccc23)cc1. The van der Waals surface area contributed by atoms with Gasteiger partial charge in [-0.15, -0.1) is 0 Å². The molecule has 0 radical (unpaired) electrons. The molecule has 1 heterocycles. The van der Waals surface area contributed by atoms with E-state index in [4.69, 9.17) is 11.6 Å². The van der Waals surface area contributed by atoms with E-state index in [1.54, 1.807) is 6.20 Å². The number of fused-ring (bicyclic) bond motifs is 1. The number of pyridine rings is 1. The van der Waals surface area contributed by atoms with E-state index in [2.05, 4.69) is 48.4 Å². The molecule has 1 unspecified atom stereocenters. The van der Waals surface area contributed by atoms with Gasteiger partial charge in [0.25, 0.3) is 0 Å². The minimum Gasteiger partial charge on any atom is -0.378 e.